The lowest BCUT2D eigenvalue weighted by Gasteiger charge is -2.23. The van der Waals surface area contributed by atoms with E-state index in [9.17, 15) is 9.59 Å². The van der Waals surface area contributed by atoms with Gasteiger partial charge in [-0.3, -0.25) is 0 Å². The van der Waals surface area contributed by atoms with Crippen molar-refractivity contribution >= 4 is 11.9 Å². The van der Waals surface area contributed by atoms with Crippen LogP contribution in [0.3, 0.4) is 0 Å². The van der Waals surface area contributed by atoms with Crippen LogP contribution >= 0.6 is 0 Å². The lowest BCUT2D eigenvalue weighted by molar-refractivity contribution is -0.168. The molecule has 7 atom stereocenters. The van der Waals surface area contributed by atoms with Crippen LogP contribution in [0, 0.1) is 35.5 Å². The Morgan fingerprint density at radius 2 is 1.36 bits per heavy atom. The Morgan fingerprint density at radius 3 is 1.83 bits per heavy atom. The van der Waals surface area contributed by atoms with Gasteiger partial charge in [-0.1, -0.05) is 12.8 Å². The largest absolute Gasteiger partial charge is 0.462 e. The van der Waals surface area contributed by atoms with Gasteiger partial charge in [0.2, 0.25) is 0 Å². The molecule has 0 spiro atoms. The van der Waals surface area contributed by atoms with Crippen LogP contribution in [0.1, 0.15) is 96.9 Å². The molecule has 4 bridgehead atoms. The Labute approximate surface area is 214 Å². The van der Waals surface area contributed by atoms with E-state index >= 15 is 0 Å². The summed E-state index contributed by atoms with van der Waals surface area (Å²) in [5, 5.41) is 0. The first-order valence-electron chi connectivity index (χ1n) is 14.3. The highest BCUT2D eigenvalue weighted by Crippen LogP contribution is 2.49. The molecule has 5 fully saturated rings. The molecule has 196 valence electrons. The molecule has 5 aliphatic rings. The highest BCUT2D eigenvalue weighted by Gasteiger charge is 2.41. The standard InChI is InChI=1S/C30H40O6/c31-29(35-17-26-11-19-4-6-22(26)9-19)24-13-21(16-34-28-3-1-2-8-33-28)14-25(15-24)30(32)36-18-27-12-20-5-7-23(27)10-20/h13-15,19-20,22-23,26-28H,1-12,16-18H2/t19-,20-,22+,23+,26-,27-,28?/m0/s1. The summed E-state index contributed by atoms with van der Waals surface area (Å²) in [6.07, 6.45) is 12.9. The number of benzene rings is 1. The normalized spacial score (nSPS) is 34.7. The minimum Gasteiger partial charge on any atom is -0.462 e. The summed E-state index contributed by atoms with van der Waals surface area (Å²) in [6, 6.07) is 5.21. The average Bonchev–Trinajstić information content (AvgIpc) is 3.72. The second kappa shape index (κ2) is 10.8. The molecule has 0 amide bonds. The Kier molecular flexibility index (Phi) is 7.34. The monoisotopic (exact) mass is 496 g/mol. The molecule has 1 unspecified atom stereocenters. The van der Waals surface area contributed by atoms with Gasteiger partial charge < -0.3 is 18.9 Å². The summed E-state index contributed by atoms with van der Waals surface area (Å²) in [6.45, 7) is 1.94. The highest BCUT2D eigenvalue weighted by atomic mass is 16.7. The molecule has 1 aromatic rings. The minimum absolute atomic E-state index is 0.236. The van der Waals surface area contributed by atoms with E-state index in [2.05, 4.69) is 0 Å². The van der Waals surface area contributed by atoms with E-state index in [4.69, 9.17) is 18.9 Å². The van der Waals surface area contributed by atoms with Crippen LogP contribution in [0.15, 0.2) is 18.2 Å². The van der Waals surface area contributed by atoms with Crippen LogP contribution < -0.4 is 0 Å². The van der Waals surface area contributed by atoms with E-state index in [1.807, 2.05) is 0 Å². The SMILES string of the molecule is O=C(OC[C@@H]1C[C@H]2CC[C@@H]1C2)c1cc(COC2CCCCO2)cc(C(=O)OC[C@@H]2C[C@H]3CC[C@@H]2C3)c1. The maximum atomic E-state index is 13.1. The summed E-state index contributed by atoms with van der Waals surface area (Å²) in [4.78, 5) is 26.1. The first-order chi connectivity index (χ1) is 17.6. The van der Waals surface area contributed by atoms with Gasteiger partial charge in [0.15, 0.2) is 6.29 Å². The van der Waals surface area contributed by atoms with E-state index in [-0.39, 0.29) is 24.8 Å². The zero-order chi connectivity index (χ0) is 24.5. The van der Waals surface area contributed by atoms with Gasteiger partial charge in [0.05, 0.1) is 30.9 Å². The van der Waals surface area contributed by atoms with Crippen molar-refractivity contribution in [2.75, 3.05) is 19.8 Å². The van der Waals surface area contributed by atoms with Crippen molar-refractivity contribution in [2.45, 2.75) is 83.5 Å². The minimum atomic E-state index is -0.365. The summed E-state index contributed by atoms with van der Waals surface area (Å²) in [5.74, 6) is 3.27. The quantitative estimate of drug-likeness (QED) is 0.396. The Morgan fingerprint density at radius 1 is 0.750 bits per heavy atom. The van der Waals surface area contributed by atoms with Gasteiger partial charge in [-0.25, -0.2) is 9.59 Å². The number of carbonyl (C=O) groups is 2. The fourth-order valence-corrected chi connectivity index (χ4v) is 7.74. The molecule has 0 N–H and O–H groups in total. The fourth-order valence-electron chi connectivity index (χ4n) is 7.74. The van der Waals surface area contributed by atoms with Crippen molar-refractivity contribution in [3.63, 3.8) is 0 Å². The third kappa shape index (κ3) is 5.50. The highest BCUT2D eigenvalue weighted by molar-refractivity contribution is 5.95. The number of ether oxygens (including phenoxy) is 4. The van der Waals surface area contributed by atoms with Gasteiger partial charge in [-0.05, 0) is 117 Å². The van der Waals surface area contributed by atoms with Crippen LogP contribution in [0.2, 0.25) is 0 Å². The summed E-state index contributed by atoms with van der Waals surface area (Å²) in [5.41, 5.74) is 1.57. The molecule has 4 saturated carbocycles. The van der Waals surface area contributed by atoms with Crippen molar-refractivity contribution in [1.29, 1.82) is 0 Å². The predicted octanol–water partition coefficient (Wildman–Crippen LogP) is 5.92. The van der Waals surface area contributed by atoms with E-state index in [1.54, 1.807) is 18.2 Å². The first kappa shape index (κ1) is 24.4. The maximum absolute atomic E-state index is 13.1. The molecule has 0 radical (unpaired) electrons. The molecule has 0 aromatic heterocycles. The molecule has 1 aliphatic heterocycles. The smallest absolute Gasteiger partial charge is 0.338 e. The van der Waals surface area contributed by atoms with Gasteiger partial charge in [0.25, 0.3) is 0 Å². The molecule has 4 aliphatic carbocycles. The molecule has 6 heteroatoms. The van der Waals surface area contributed by atoms with Crippen molar-refractivity contribution in [3.8, 4) is 0 Å². The van der Waals surface area contributed by atoms with Gasteiger partial charge in [-0.2, -0.15) is 0 Å². The van der Waals surface area contributed by atoms with Crippen LogP contribution in [0.25, 0.3) is 0 Å². The average molecular weight is 497 g/mol. The number of esters is 2. The summed E-state index contributed by atoms with van der Waals surface area (Å²) in [7, 11) is 0. The van der Waals surface area contributed by atoms with Crippen LogP contribution in [-0.4, -0.2) is 38.0 Å². The van der Waals surface area contributed by atoms with E-state index in [0.717, 1.165) is 36.7 Å². The van der Waals surface area contributed by atoms with E-state index in [0.29, 0.717) is 54.6 Å². The topological polar surface area (TPSA) is 71.1 Å². The lowest BCUT2D eigenvalue weighted by Crippen LogP contribution is -2.22. The Balaban J connectivity index is 1.11. The van der Waals surface area contributed by atoms with Crippen LogP contribution in [0.5, 0.6) is 0 Å². The Hall–Kier alpha value is -1.92. The lowest BCUT2D eigenvalue weighted by atomic mass is 9.89. The van der Waals surface area contributed by atoms with Crippen LogP contribution in [0.4, 0.5) is 0 Å². The van der Waals surface area contributed by atoms with Gasteiger partial charge >= 0.3 is 11.9 Å². The summed E-state index contributed by atoms with van der Waals surface area (Å²) < 4.78 is 23.2. The number of rotatable bonds is 9. The molecular formula is C30H40O6. The second-order valence-electron chi connectivity index (χ2n) is 12.1. The second-order valence-corrected chi connectivity index (χ2v) is 12.1. The first-order valence-corrected chi connectivity index (χ1v) is 14.3. The molecule has 36 heavy (non-hydrogen) atoms. The maximum Gasteiger partial charge on any atom is 0.338 e. The molecule has 6 nitrogen and oxygen atoms in total. The van der Waals surface area contributed by atoms with Crippen molar-refractivity contribution < 1.29 is 28.5 Å². The van der Waals surface area contributed by atoms with Crippen LogP contribution in [-0.2, 0) is 25.6 Å². The number of hydrogen-bond donors (Lipinski definition) is 0. The van der Waals surface area contributed by atoms with Gasteiger partial charge in [0.1, 0.15) is 0 Å². The fraction of sp³-hybridized carbons (Fsp3) is 0.733. The van der Waals surface area contributed by atoms with Gasteiger partial charge in [-0.15, -0.1) is 0 Å². The van der Waals surface area contributed by atoms with Crippen molar-refractivity contribution in [2.24, 2.45) is 35.5 Å². The van der Waals surface area contributed by atoms with Gasteiger partial charge in [0, 0.05) is 6.61 Å². The van der Waals surface area contributed by atoms with E-state index in [1.165, 1.54) is 51.4 Å². The predicted molar refractivity (Wildman–Crippen MR) is 133 cm³/mol. The summed E-state index contributed by atoms with van der Waals surface area (Å²) >= 11 is 0. The van der Waals surface area contributed by atoms with Crippen molar-refractivity contribution in [3.05, 3.63) is 34.9 Å². The number of hydrogen-bond acceptors (Lipinski definition) is 6. The zero-order valence-electron chi connectivity index (χ0n) is 21.3. The number of fused-ring (bicyclic) bond motifs is 4. The molecule has 1 heterocycles. The number of carbonyl (C=O) groups excluding carboxylic acids is 2. The molecule has 1 aromatic carbocycles. The third-order valence-electron chi connectivity index (χ3n) is 9.66. The molecule has 6 rings (SSSR count). The van der Waals surface area contributed by atoms with E-state index < -0.39 is 0 Å². The third-order valence-corrected chi connectivity index (χ3v) is 9.66. The zero-order valence-corrected chi connectivity index (χ0v) is 21.3. The molecule has 1 saturated heterocycles. The Bertz CT molecular complexity index is 891. The molecular weight excluding hydrogens is 456 g/mol. The van der Waals surface area contributed by atoms with Crippen molar-refractivity contribution in [1.82, 2.24) is 0 Å².